The Morgan fingerprint density at radius 3 is 2.64 bits per heavy atom. The lowest BCUT2D eigenvalue weighted by molar-refractivity contribution is 0.495. The average Bonchev–Trinajstić information content (AvgIpc) is 3.52. The van der Waals surface area contributed by atoms with Gasteiger partial charge in [-0.1, -0.05) is 30.6 Å². The first kappa shape index (κ1) is 19.7. The van der Waals surface area contributed by atoms with E-state index < -0.39 is 0 Å². The maximum absolute atomic E-state index is 12.8. The Bertz CT molecular complexity index is 971. The number of nitrogens with two attached hydrogens (primary N) is 1. The van der Waals surface area contributed by atoms with Crippen LogP contribution in [0.3, 0.4) is 0 Å². The highest BCUT2D eigenvalue weighted by molar-refractivity contribution is 5.69. The zero-order valence-corrected chi connectivity index (χ0v) is 16.2. The number of anilines is 1. The largest absolute Gasteiger partial charge is 0.342 e. The molecule has 0 unspecified atom stereocenters. The average molecular weight is 375 g/mol. The van der Waals surface area contributed by atoms with Crippen molar-refractivity contribution >= 4 is 11.5 Å². The van der Waals surface area contributed by atoms with E-state index in [0.29, 0.717) is 28.7 Å². The molecule has 144 valence electrons. The molecule has 1 aromatic heterocycles. The number of piperidine rings is 1. The molecule has 1 saturated heterocycles. The molecule has 1 aliphatic heterocycles. The van der Waals surface area contributed by atoms with Crippen LogP contribution in [0, 0.1) is 29.1 Å². The van der Waals surface area contributed by atoms with Crippen molar-refractivity contribution in [1.29, 1.82) is 5.26 Å². The molecule has 0 amide bonds. The molecule has 2 heterocycles. The third kappa shape index (κ3) is 4.79. The summed E-state index contributed by atoms with van der Waals surface area (Å²) in [5, 5.41) is 9.07. The minimum atomic E-state index is -0.232. The first-order valence-electron chi connectivity index (χ1n) is 9.59. The maximum Gasteiger partial charge on any atom is 0.268 e. The van der Waals surface area contributed by atoms with E-state index in [1.807, 2.05) is 6.92 Å². The Balaban J connectivity index is 2.03. The van der Waals surface area contributed by atoms with Crippen molar-refractivity contribution in [1.82, 2.24) is 9.97 Å². The lowest BCUT2D eigenvalue weighted by Crippen LogP contribution is -2.41. The van der Waals surface area contributed by atoms with Crippen molar-refractivity contribution in [2.75, 3.05) is 18.0 Å². The molecule has 1 aromatic rings. The van der Waals surface area contributed by atoms with Gasteiger partial charge in [-0.2, -0.15) is 5.26 Å². The smallest absolute Gasteiger partial charge is 0.268 e. The number of H-pyrrole nitrogens is 1. The fourth-order valence-electron chi connectivity index (χ4n) is 2.97. The molecule has 0 bridgehead atoms. The fraction of sp³-hybridized carbons (Fsp3) is 0.409. The minimum absolute atomic E-state index is 0.196. The highest BCUT2D eigenvalue weighted by Crippen LogP contribution is 2.28. The number of allylic oxidation sites excluding steroid dienone is 5. The number of hydrogen-bond acceptors (Lipinski definition) is 5. The SMILES string of the molecule is C=C/C(C#N)=C\C=C(/C)c1nc(N2CCC(N)CC2)[nH]c(=O)c1C#CC1CC1. The van der Waals surface area contributed by atoms with Crippen LogP contribution in [0.1, 0.15) is 43.9 Å². The summed E-state index contributed by atoms with van der Waals surface area (Å²) in [6, 6.07) is 2.26. The van der Waals surface area contributed by atoms with Gasteiger partial charge < -0.3 is 10.6 Å². The van der Waals surface area contributed by atoms with E-state index in [0.717, 1.165) is 44.3 Å². The van der Waals surface area contributed by atoms with E-state index in [1.165, 1.54) is 6.08 Å². The van der Waals surface area contributed by atoms with Gasteiger partial charge in [-0.05, 0) is 44.3 Å². The van der Waals surface area contributed by atoms with Gasteiger partial charge in [-0.25, -0.2) is 4.98 Å². The van der Waals surface area contributed by atoms with Gasteiger partial charge in [0.2, 0.25) is 5.95 Å². The van der Waals surface area contributed by atoms with E-state index in [1.54, 1.807) is 12.2 Å². The first-order chi connectivity index (χ1) is 13.5. The molecule has 2 fully saturated rings. The Morgan fingerprint density at radius 1 is 1.32 bits per heavy atom. The number of aromatic amines is 1. The summed E-state index contributed by atoms with van der Waals surface area (Å²) in [5.41, 5.74) is 7.91. The summed E-state index contributed by atoms with van der Waals surface area (Å²) in [6.07, 6.45) is 8.84. The van der Waals surface area contributed by atoms with Crippen LogP contribution in [0.4, 0.5) is 5.95 Å². The quantitative estimate of drug-likeness (QED) is 0.479. The fourth-order valence-corrected chi connectivity index (χ4v) is 2.97. The van der Waals surface area contributed by atoms with Crippen LogP contribution in [-0.4, -0.2) is 29.1 Å². The highest BCUT2D eigenvalue weighted by atomic mass is 16.1. The van der Waals surface area contributed by atoms with Gasteiger partial charge in [0.25, 0.3) is 5.56 Å². The molecule has 28 heavy (non-hydrogen) atoms. The van der Waals surface area contributed by atoms with Crippen LogP contribution in [-0.2, 0) is 0 Å². The van der Waals surface area contributed by atoms with Gasteiger partial charge in [-0.15, -0.1) is 0 Å². The summed E-state index contributed by atoms with van der Waals surface area (Å²) < 4.78 is 0. The second kappa shape index (κ2) is 8.73. The molecule has 6 nitrogen and oxygen atoms in total. The van der Waals surface area contributed by atoms with E-state index in [9.17, 15) is 4.79 Å². The van der Waals surface area contributed by atoms with Crippen LogP contribution < -0.4 is 16.2 Å². The molecule has 0 aromatic carbocycles. The second-order valence-electron chi connectivity index (χ2n) is 7.27. The van der Waals surface area contributed by atoms with Crippen molar-refractivity contribution in [2.45, 2.75) is 38.6 Å². The van der Waals surface area contributed by atoms with E-state index in [2.05, 4.69) is 34.4 Å². The summed E-state index contributed by atoms with van der Waals surface area (Å²) in [6.45, 7) is 7.01. The van der Waals surface area contributed by atoms with E-state index >= 15 is 0 Å². The predicted molar refractivity (Wildman–Crippen MR) is 111 cm³/mol. The molecule has 0 radical (unpaired) electrons. The zero-order valence-electron chi connectivity index (χ0n) is 16.2. The van der Waals surface area contributed by atoms with Gasteiger partial charge in [0.05, 0.1) is 17.3 Å². The summed E-state index contributed by atoms with van der Waals surface area (Å²) in [4.78, 5) is 22.5. The third-order valence-corrected chi connectivity index (χ3v) is 4.96. The first-order valence-corrected chi connectivity index (χ1v) is 9.59. The Hall–Kier alpha value is -3.09. The van der Waals surface area contributed by atoms with Crippen LogP contribution in [0.2, 0.25) is 0 Å². The maximum atomic E-state index is 12.8. The van der Waals surface area contributed by atoms with Gasteiger partial charge in [0.15, 0.2) is 0 Å². The number of rotatable bonds is 4. The van der Waals surface area contributed by atoms with Gasteiger partial charge in [0, 0.05) is 25.0 Å². The Kier molecular flexibility index (Phi) is 6.13. The second-order valence-corrected chi connectivity index (χ2v) is 7.27. The molecule has 2 aliphatic rings. The number of hydrogen-bond donors (Lipinski definition) is 2. The number of nitrogens with zero attached hydrogens (tertiary/aromatic N) is 3. The number of nitriles is 1. The minimum Gasteiger partial charge on any atom is -0.342 e. The summed E-state index contributed by atoms with van der Waals surface area (Å²) >= 11 is 0. The summed E-state index contributed by atoms with van der Waals surface area (Å²) in [7, 11) is 0. The van der Waals surface area contributed by atoms with E-state index in [4.69, 9.17) is 16.0 Å². The van der Waals surface area contributed by atoms with Gasteiger partial charge >= 0.3 is 0 Å². The van der Waals surface area contributed by atoms with Crippen LogP contribution >= 0.6 is 0 Å². The molecule has 3 N–H and O–H groups in total. The predicted octanol–water partition coefficient (Wildman–Crippen LogP) is 2.50. The summed E-state index contributed by atoms with van der Waals surface area (Å²) in [5.74, 6) is 7.11. The molecule has 0 atom stereocenters. The highest BCUT2D eigenvalue weighted by Gasteiger charge is 2.21. The standard InChI is InChI=1S/C22H25N5O/c1-3-16(14-23)5-4-15(2)20-19(9-8-17-6-7-17)21(28)26-22(25-20)27-12-10-18(24)11-13-27/h3-5,17-18H,1,6-7,10-13,24H2,2H3,(H,25,26,28)/b15-4+,16-5+. The third-order valence-electron chi connectivity index (χ3n) is 4.96. The lowest BCUT2D eigenvalue weighted by Gasteiger charge is -2.30. The lowest BCUT2D eigenvalue weighted by atomic mass is 10.1. The molecule has 1 aliphatic carbocycles. The van der Waals surface area contributed by atoms with Crippen LogP contribution in [0.15, 0.2) is 35.2 Å². The van der Waals surface area contributed by atoms with Gasteiger partial charge in [0.1, 0.15) is 5.56 Å². The van der Waals surface area contributed by atoms with Crippen LogP contribution in [0.25, 0.3) is 5.57 Å². The molecule has 0 spiro atoms. The van der Waals surface area contributed by atoms with Crippen molar-refractivity contribution in [2.24, 2.45) is 11.7 Å². The van der Waals surface area contributed by atoms with Crippen molar-refractivity contribution in [3.63, 3.8) is 0 Å². The monoisotopic (exact) mass is 375 g/mol. The van der Waals surface area contributed by atoms with Crippen molar-refractivity contribution in [3.05, 3.63) is 52.0 Å². The normalized spacial score (nSPS) is 18.2. The Morgan fingerprint density at radius 2 is 2.04 bits per heavy atom. The van der Waals surface area contributed by atoms with Gasteiger partial charge in [-0.3, -0.25) is 9.78 Å². The topological polar surface area (TPSA) is 98.8 Å². The van der Waals surface area contributed by atoms with E-state index in [-0.39, 0.29) is 11.6 Å². The molecular weight excluding hydrogens is 350 g/mol. The molecular formula is C22H25N5O. The van der Waals surface area contributed by atoms with Crippen LogP contribution in [0.5, 0.6) is 0 Å². The number of nitrogens with one attached hydrogen (secondary N) is 1. The number of aromatic nitrogens is 2. The molecule has 6 heteroatoms. The van der Waals surface area contributed by atoms with Crippen molar-refractivity contribution < 1.29 is 0 Å². The zero-order chi connectivity index (χ0) is 20.1. The molecule has 3 rings (SSSR count). The van der Waals surface area contributed by atoms with Crippen molar-refractivity contribution in [3.8, 4) is 17.9 Å². The molecule has 1 saturated carbocycles. The Labute approximate surface area is 165 Å².